The van der Waals surface area contributed by atoms with Crippen molar-refractivity contribution >= 4 is 6.16 Å². The van der Waals surface area contributed by atoms with E-state index in [0.717, 1.165) is 28.9 Å². The van der Waals surface area contributed by atoms with Crippen LogP contribution in [0.2, 0.25) is 0 Å². The number of aryl methyl sites for hydroxylation is 3. The minimum absolute atomic E-state index is 0.334. The van der Waals surface area contributed by atoms with E-state index in [1.54, 1.807) is 6.07 Å². The van der Waals surface area contributed by atoms with Gasteiger partial charge in [-0.1, -0.05) is 36.8 Å². The second-order valence-corrected chi connectivity index (χ2v) is 5.36. The fourth-order valence-electron chi connectivity index (χ4n) is 2.44. The average molecular weight is 314 g/mol. The number of hydrogen-bond donors (Lipinski definition) is 0. The van der Waals surface area contributed by atoms with Gasteiger partial charge in [0.05, 0.1) is 7.11 Å². The van der Waals surface area contributed by atoms with Crippen LogP contribution in [0.5, 0.6) is 11.5 Å². The summed E-state index contributed by atoms with van der Waals surface area (Å²) in [5.41, 5.74) is 4.21. The smallest absolute Gasteiger partial charge is 0.488 e. The zero-order valence-corrected chi connectivity index (χ0v) is 14.0. The van der Waals surface area contributed by atoms with Crippen molar-refractivity contribution in [3.05, 3.63) is 58.7 Å². The standard InChI is InChI=1S/C19H22O4/c1-5-15-7-6-8-18(23-19(20)21-4)16(15)12-22-17-10-9-13(2)11-14(17)3/h6-11H,5,12H2,1-4H3. The number of methoxy groups -OCH3 is 1. The van der Waals surface area contributed by atoms with E-state index in [1.165, 1.54) is 12.7 Å². The Morgan fingerprint density at radius 2 is 1.87 bits per heavy atom. The van der Waals surface area contributed by atoms with Gasteiger partial charge in [0.25, 0.3) is 0 Å². The predicted octanol–water partition coefficient (Wildman–Crippen LogP) is 4.59. The van der Waals surface area contributed by atoms with E-state index >= 15 is 0 Å². The quantitative estimate of drug-likeness (QED) is 0.598. The van der Waals surface area contributed by atoms with Crippen molar-refractivity contribution in [2.24, 2.45) is 0 Å². The summed E-state index contributed by atoms with van der Waals surface area (Å²) in [4.78, 5) is 11.4. The van der Waals surface area contributed by atoms with Gasteiger partial charge in [-0.05, 0) is 43.5 Å². The van der Waals surface area contributed by atoms with Crippen LogP contribution in [-0.4, -0.2) is 13.3 Å². The second-order valence-electron chi connectivity index (χ2n) is 5.36. The van der Waals surface area contributed by atoms with Crippen LogP contribution >= 0.6 is 0 Å². The van der Waals surface area contributed by atoms with Gasteiger partial charge < -0.3 is 14.2 Å². The summed E-state index contributed by atoms with van der Waals surface area (Å²) in [5, 5.41) is 0. The lowest BCUT2D eigenvalue weighted by Crippen LogP contribution is -2.11. The Morgan fingerprint density at radius 3 is 2.52 bits per heavy atom. The zero-order chi connectivity index (χ0) is 16.8. The third-order valence-corrected chi connectivity index (χ3v) is 3.67. The summed E-state index contributed by atoms with van der Waals surface area (Å²) in [6, 6.07) is 11.7. The molecule has 0 amide bonds. The molecule has 122 valence electrons. The third-order valence-electron chi connectivity index (χ3n) is 3.67. The van der Waals surface area contributed by atoms with Gasteiger partial charge in [-0.25, -0.2) is 4.79 Å². The van der Waals surface area contributed by atoms with Crippen LogP contribution in [0, 0.1) is 13.8 Å². The molecule has 23 heavy (non-hydrogen) atoms. The molecular weight excluding hydrogens is 292 g/mol. The molecule has 0 fully saturated rings. The van der Waals surface area contributed by atoms with Crippen LogP contribution in [0.25, 0.3) is 0 Å². The minimum Gasteiger partial charge on any atom is -0.488 e. The fourth-order valence-corrected chi connectivity index (χ4v) is 2.44. The molecule has 0 unspecified atom stereocenters. The lowest BCUT2D eigenvalue weighted by molar-refractivity contribution is 0.120. The van der Waals surface area contributed by atoms with Crippen molar-refractivity contribution in [2.45, 2.75) is 33.8 Å². The molecule has 0 aliphatic rings. The number of carbonyl (C=O) groups is 1. The molecule has 2 rings (SSSR count). The number of hydrogen-bond acceptors (Lipinski definition) is 4. The summed E-state index contributed by atoms with van der Waals surface area (Å²) in [5.74, 6) is 1.30. The maximum Gasteiger partial charge on any atom is 0.513 e. The summed E-state index contributed by atoms with van der Waals surface area (Å²) in [7, 11) is 1.29. The lowest BCUT2D eigenvalue weighted by Gasteiger charge is -2.15. The van der Waals surface area contributed by atoms with Gasteiger partial charge in [0.2, 0.25) is 0 Å². The highest BCUT2D eigenvalue weighted by Crippen LogP contribution is 2.27. The molecule has 2 aromatic rings. The molecule has 4 nitrogen and oxygen atoms in total. The van der Waals surface area contributed by atoms with Gasteiger partial charge in [0.1, 0.15) is 18.1 Å². The Morgan fingerprint density at radius 1 is 1.09 bits per heavy atom. The molecule has 0 aliphatic heterocycles. The average Bonchev–Trinajstić information content (AvgIpc) is 2.54. The molecule has 0 heterocycles. The first-order valence-electron chi connectivity index (χ1n) is 7.61. The Labute approximate surface area is 137 Å². The predicted molar refractivity (Wildman–Crippen MR) is 89.1 cm³/mol. The van der Waals surface area contributed by atoms with Crippen LogP contribution < -0.4 is 9.47 Å². The molecule has 0 atom stereocenters. The molecule has 2 aromatic carbocycles. The van der Waals surface area contributed by atoms with E-state index in [4.69, 9.17) is 9.47 Å². The number of benzene rings is 2. The molecule has 0 bridgehead atoms. The third kappa shape index (κ3) is 4.25. The SMILES string of the molecule is CCc1cccc(OC(=O)OC)c1COc1ccc(C)cc1C. The first kappa shape index (κ1) is 16.9. The molecule has 0 spiro atoms. The normalized spacial score (nSPS) is 10.3. The van der Waals surface area contributed by atoms with Crippen LogP contribution in [0.15, 0.2) is 36.4 Å². The van der Waals surface area contributed by atoms with E-state index < -0.39 is 6.16 Å². The van der Waals surface area contributed by atoms with E-state index in [1.807, 2.05) is 38.1 Å². The first-order chi connectivity index (χ1) is 11.0. The summed E-state index contributed by atoms with van der Waals surface area (Å²) in [6.45, 7) is 6.45. The van der Waals surface area contributed by atoms with Crippen LogP contribution in [-0.2, 0) is 17.8 Å². The maximum atomic E-state index is 11.4. The fraction of sp³-hybridized carbons (Fsp3) is 0.316. The molecule has 0 saturated carbocycles. The molecule has 0 N–H and O–H groups in total. The van der Waals surface area contributed by atoms with Crippen molar-refractivity contribution in [3.8, 4) is 11.5 Å². The second kappa shape index (κ2) is 7.68. The highest BCUT2D eigenvalue weighted by molar-refractivity contribution is 5.64. The topological polar surface area (TPSA) is 44.8 Å². The lowest BCUT2D eigenvalue weighted by atomic mass is 10.0. The van der Waals surface area contributed by atoms with Crippen molar-refractivity contribution in [2.75, 3.05) is 7.11 Å². The Hall–Kier alpha value is -2.49. The Balaban J connectivity index is 2.24. The van der Waals surface area contributed by atoms with Crippen molar-refractivity contribution in [1.82, 2.24) is 0 Å². The van der Waals surface area contributed by atoms with E-state index in [9.17, 15) is 4.79 Å². The first-order valence-corrected chi connectivity index (χ1v) is 7.61. The summed E-state index contributed by atoms with van der Waals surface area (Å²) in [6.07, 6.45) is 0.0928. The van der Waals surface area contributed by atoms with Crippen LogP contribution in [0.4, 0.5) is 4.79 Å². The Kier molecular flexibility index (Phi) is 5.63. The van der Waals surface area contributed by atoms with Crippen molar-refractivity contribution in [1.29, 1.82) is 0 Å². The van der Waals surface area contributed by atoms with Gasteiger partial charge in [0.15, 0.2) is 0 Å². The Bertz CT molecular complexity index is 692. The van der Waals surface area contributed by atoms with Gasteiger partial charge in [-0.2, -0.15) is 0 Å². The van der Waals surface area contributed by atoms with Crippen LogP contribution in [0.1, 0.15) is 29.2 Å². The van der Waals surface area contributed by atoms with Gasteiger partial charge in [-0.15, -0.1) is 0 Å². The molecular formula is C19H22O4. The largest absolute Gasteiger partial charge is 0.513 e. The number of carbonyl (C=O) groups excluding carboxylic acids is 1. The van der Waals surface area contributed by atoms with Gasteiger partial charge in [0, 0.05) is 5.56 Å². The van der Waals surface area contributed by atoms with Crippen molar-refractivity contribution in [3.63, 3.8) is 0 Å². The maximum absolute atomic E-state index is 11.4. The highest BCUT2D eigenvalue weighted by atomic mass is 16.7. The molecule has 4 heteroatoms. The minimum atomic E-state index is -0.731. The number of ether oxygens (including phenoxy) is 3. The van der Waals surface area contributed by atoms with Gasteiger partial charge >= 0.3 is 6.16 Å². The van der Waals surface area contributed by atoms with E-state index in [0.29, 0.717) is 12.4 Å². The molecule has 0 aliphatic carbocycles. The molecule has 0 saturated heterocycles. The highest BCUT2D eigenvalue weighted by Gasteiger charge is 2.14. The molecule has 0 radical (unpaired) electrons. The summed E-state index contributed by atoms with van der Waals surface area (Å²) >= 11 is 0. The van der Waals surface area contributed by atoms with Gasteiger partial charge in [-0.3, -0.25) is 0 Å². The molecule has 0 aromatic heterocycles. The number of rotatable bonds is 5. The van der Waals surface area contributed by atoms with Crippen LogP contribution in [0.3, 0.4) is 0 Å². The zero-order valence-electron chi connectivity index (χ0n) is 14.0. The van der Waals surface area contributed by atoms with E-state index in [2.05, 4.69) is 17.7 Å². The monoisotopic (exact) mass is 314 g/mol. The summed E-state index contributed by atoms with van der Waals surface area (Å²) < 4.78 is 15.8. The van der Waals surface area contributed by atoms with E-state index in [-0.39, 0.29) is 0 Å². The van der Waals surface area contributed by atoms with Crippen molar-refractivity contribution < 1.29 is 19.0 Å².